The summed E-state index contributed by atoms with van der Waals surface area (Å²) in [5.74, 6) is 1.36. The molecule has 1 unspecified atom stereocenters. The number of benzene rings is 1. The summed E-state index contributed by atoms with van der Waals surface area (Å²) < 4.78 is 28.0. The summed E-state index contributed by atoms with van der Waals surface area (Å²) in [7, 11) is -2.99. The van der Waals surface area contributed by atoms with E-state index >= 15 is 0 Å². The van der Waals surface area contributed by atoms with Gasteiger partial charge in [0.25, 0.3) is 0 Å². The van der Waals surface area contributed by atoms with E-state index in [4.69, 9.17) is 16.3 Å². The number of aliphatic imine (C=N–C) groups is 1. The van der Waals surface area contributed by atoms with Crippen LogP contribution in [0.5, 0.6) is 5.75 Å². The zero-order valence-corrected chi connectivity index (χ0v) is 18.0. The molecule has 1 aromatic carbocycles. The Bertz CT molecular complexity index is 609. The van der Waals surface area contributed by atoms with Crippen LogP contribution in [0, 0.1) is 0 Å². The predicted octanol–water partition coefficient (Wildman–Crippen LogP) is 2.33. The van der Waals surface area contributed by atoms with Gasteiger partial charge >= 0.3 is 0 Å². The number of hydrogen-bond acceptors (Lipinski definition) is 4. The number of nitrogens with zero attached hydrogens (tertiary/aromatic N) is 1. The average molecular weight is 490 g/mol. The van der Waals surface area contributed by atoms with Crippen molar-refractivity contribution in [3.63, 3.8) is 0 Å². The van der Waals surface area contributed by atoms with Gasteiger partial charge in [0.1, 0.15) is 21.7 Å². The predicted molar refractivity (Wildman–Crippen MR) is 111 cm³/mol. The molecule has 1 rings (SSSR count). The van der Waals surface area contributed by atoms with Gasteiger partial charge in [-0.2, -0.15) is 0 Å². The second-order valence-electron chi connectivity index (χ2n) is 5.16. The first kappa shape index (κ1) is 23.3. The maximum atomic E-state index is 11.1. The van der Waals surface area contributed by atoms with Gasteiger partial charge in [-0.25, -0.2) is 13.4 Å². The first-order chi connectivity index (χ1) is 10.8. The fourth-order valence-electron chi connectivity index (χ4n) is 1.70. The van der Waals surface area contributed by atoms with Crippen molar-refractivity contribution >= 4 is 51.4 Å². The van der Waals surface area contributed by atoms with Crippen molar-refractivity contribution in [1.82, 2.24) is 10.6 Å². The number of ether oxygens (including phenoxy) is 1. The largest absolute Gasteiger partial charge is 0.489 e. The van der Waals surface area contributed by atoms with E-state index in [0.29, 0.717) is 30.6 Å². The van der Waals surface area contributed by atoms with Crippen molar-refractivity contribution in [3.8, 4) is 5.75 Å². The Morgan fingerprint density at radius 3 is 2.46 bits per heavy atom. The lowest BCUT2D eigenvalue weighted by atomic mass is 10.3. The molecule has 0 aromatic heterocycles. The van der Waals surface area contributed by atoms with Gasteiger partial charge in [0.2, 0.25) is 0 Å². The van der Waals surface area contributed by atoms with E-state index in [1.54, 1.807) is 24.3 Å². The summed E-state index contributed by atoms with van der Waals surface area (Å²) in [4.78, 5) is 4.40. The van der Waals surface area contributed by atoms with E-state index in [-0.39, 0.29) is 35.8 Å². The van der Waals surface area contributed by atoms with Crippen molar-refractivity contribution in [1.29, 1.82) is 0 Å². The second-order valence-corrected chi connectivity index (χ2v) is 7.85. The van der Waals surface area contributed by atoms with E-state index in [2.05, 4.69) is 15.6 Å². The second kappa shape index (κ2) is 11.8. The van der Waals surface area contributed by atoms with Gasteiger partial charge in [0.05, 0.1) is 12.3 Å². The molecule has 0 spiro atoms. The van der Waals surface area contributed by atoms with Crippen LogP contribution in [0.25, 0.3) is 0 Å². The van der Waals surface area contributed by atoms with E-state index in [1.807, 2.05) is 13.8 Å². The normalized spacial score (nSPS) is 12.9. The molecule has 0 amide bonds. The highest BCUT2D eigenvalue weighted by Gasteiger charge is 2.06. The molecule has 0 aliphatic carbocycles. The molecular weight excluding hydrogens is 465 g/mol. The number of hydrogen-bond donors (Lipinski definition) is 2. The zero-order valence-electron chi connectivity index (χ0n) is 14.1. The van der Waals surface area contributed by atoms with Crippen LogP contribution in [0.15, 0.2) is 29.3 Å². The van der Waals surface area contributed by atoms with Crippen molar-refractivity contribution in [3.05, 3.63) is 29.3 Å². The van der Waals surface area contributed by atoms with Gasteiger partial charge in [-0.1, -0.05) is 11.6 Å². The lowest BCUT2D eigenvalue weighted by Crippen LogP contribution is -2.40. The summed E-state index contributed by atoms with van der Waals surface area (Å²) >= 11 is 5.83. The van der Waals surface area contributed by atoms with Gasteiger partial charge in [0.15, 0.2) is 5.96 Å². The first-order valence-corrected chi connectivity index (χ1v) is 9.86. The van der Waals surface area contributed by atoms with E-state index in [0.717, 1.165) is 5.75 Å². The van der Waals surface area contributed by atoms with Crippen molar-refractivity contribution in [2.75, 3.05) is 31.6 Å². The van der Waals surface area contributed by atoms with E-state index in [1.165, 1.54) is 6.26 Å². The molecule has 0 heterocycles. The zero-order chi connectivity index (χ0) is 17.3. The third kappa shape index (κ3) is 10.9. The highest BCUT2D eigenvalue weighted by molar-refractivity contribution is 14.0. The maximum Gasteiger partial charge on any atom is 0.191 e. The number of guanidine groups is 1. The first-order valence-electron chi connectivity index (χ1n) is 7.42. The van der Waals surface area contributed by atoms with E-state index in [9.17, 15) is 8.42 Å². The molecule has 24 heavy (non-hydrogen) atoms. The maximum absolute atomic E-state index is 11.1. The monoisotopic (exact) mass is 489 g/mol. The molecule has 0 saturated heterocycles. The quantitative estimate of drug-likeness (QED) is 0.333. The molecule has 0 radical (unpaired) electrons. The Morgan fingerprint density at radius 2 is 1.92 bits per heavy atom. The van der Waals surface area contributed by atoms with Gasteiger partial charge in [-0.15, -0.1) is 24.0 Å². The van der Waals surface area contributed by atoms with Crippen LogP contribution >= 0.6 is 35.6 Å². The molecule has 0 aliphatic heterocycles. The molecular formula is C15H25ClIN3O3S. The Hall–Kier alpha value is -0.740. The highest BCUT2D eigenvalue weighted by atomic mass is 127. The molecule has 9 heteroatoms. The van der Waals surface area contributed by atoms with Gasteiger partial charge < -0.3 is 15.4 Å². The molecule has 0 bridgehead atoms. The smallest absolute Gasteiger partial charge is 0.191 e. The molecule has 1 aromatic rings. The number of halogens is 2. The van der Waals surface area contributed by atoms with Crippen LogP contribution < -0.4 is 15.4 Å². The Balaban J connectivity index is 0.00000529. The van der Waals surface area contributed by atoms with Gasteiger partial charge in [0, 0.05) is 24.4 Å². The third-order valence-electron chi connectivity index (χ3n) is 2.77. The fourth-order valence-corrected chi connectivity index (χ4v) is 2.30. The van der Waals surface area contributed by atoms with Crippen LogP contribution in [0.4, 0.5) is 0 Å². The number of rotatable bonds is 8. The molecule has 2 N–H and O–H groups in total. The summed E-state index contributed by atoms with van der Waals surface area (Å²) in [6, 6.07) is 7.14. The molecule has 0 aliphatic rings. The van der Waals surface area contributed by atoms with Crippen molar-refractivity contribution in [2.24, 2.45) is 4.99 Å². The topological polar surface area (TPSA) is 79.8 Å². The minimum atomic E-state index is -2.99. The lowest BCUT2D eigenvalue weighted by Gasteiger charge is -2.15. The molecule has 0 fully saturated rings. The highest BCUT2D eigenvalue weighted by Crippen LogP contribution is 2.16. The Kier molecular flexibility index (Phi) is 11.4. The summed E-state index contributed by atoms with van der Waals surface area (Å²) in [5, 5.41) is 6.72. The van der Waals surface area contributed by atoms with E-state index < -0.39 is 9.84 Å². The lowest BCUT2D eigenvalue weighted by molar-refractivity contribution is 0.230. The molecule has 6 nitrogen and oxygen atoms in total. The standard InChI is InChI=1S/C15H24ClN3O3S.HI/c1-4-17-15(18-9-10-23(3,20)21)19-11-12(2)22-14-7-5-13(16)6-8-14;/h5-8,12H,4,9-11H2,1-3H3,(H2,17,18,19);1H. The SMILES string of the molecule is CCNC(=NCC(C)Oc1ccc(Cl)cc1)NCCS(C)(=O)=O.I. The fraction of sp³-hybridized carbons (Fsp3) is 0.533. The Labute approximate surface area is 166 Å². The van der Waals surface area contributed by atoms with Crippen LogP contribution in [0.3, 0.4) is 0 Å². The van der Waals surface area contributed by atoms with Gasteiger partial charge in [-0.05, 0) is 38.1 Å². The minimum absolute atomic E-state index is 0. The molecule has 138 valence electrons. The summed E-state index contributed by atoms with van der Waals surface area (Å²) in [5.41, 5.74) is 0. The van der Waals surface area contributed by atoms with Crippen LogP contribution in [-0.4, -0.2) is 52.1 Å². The Morgan fingerprint density at radius 1 is 1.29 bits per heavy atom. The summed E-state index contributed by atoms with van der Waals surface area (Å²) in [6.45, 7) is 5.31. The summed E-state index contributed by atoms with van der Waals surface area (Å²) in [6.07, 6.45) is 1.09. The number of sulfone groups is 1. The molecule has 1 atom stereocenters. The van der Waals surface area contributed by atoms with Gasteiger partial charge in [-0.3, -0.25) is 0 Å². The molecule has 0 saturated carbocycles. The van der Waals surface area contributed by atoms with Crippen LogP contribution in [0.2, 0.25) is 5.02 Å². The average Bonchev–Trinajstić information content (AvgIpc) is 2.46. The third-order valence-corrected chi connectivity index (χ3v) is 3.96. The minimum Gasteiger partial charge on any atom is -0.489 e. The van der Waals surface area contributed by atoms with Crippen LogP contribution in [0.1, 0.15) is 13.8 Å². The van der Waals surface area contributed by atoms with Crippen molar-refractivity contribution < 1.29 is 13.2 Å². The number of nitrogens with one attached hydrogen (secondary N) is 2. The van der Waals surface area contributed by atoms with Crippen LogP contribution in [-0.2, 0) is 9.84 Å². The van der Waals surface area contributed by atoms with Crippen molar-refractivity contribution in [2.45, 2.75) is 20.0 Å².